The molecule has 1 fully saturated rings. The fourth-order valence-corrected chi connectivity index (χ4v) is 4.56. The minimum absolute atomic E-state index is 0.0839. The van der Waals surface area contributed by atoms with E-state index in [0.29, 0.717) is 12.4 Å². The van der Waals surface area contributed by atoms with Gasteiger partial charge in [0.15, 0.2) is 9.84 Å². The van der Waals surface area contributed by atoms with Gasteiger partial charge in [-0.25, -0.2) is 13.4 Å². The highest BCUT2D eigenvalue weighted by Crippen LogP contribution is 2.28. The summed E-state index contributed by atoms with van der Waals surface area (Å²) in [7, 11) is -2.94. The number of pyridine rings is 1. The Morgan fingerprint density at radius 3 is 2.86 bits per heavy atom. The SMILES string of the molecule is CC1CS(=O)(=O)CCN1c1nc2ccccc2cc1CCl. The lowest BCUT2D eigenvalue weighted by atomic mass is 10.1. The van der Waals surface area contributed by atoms with E-state index in [4.69, 9.17) is 16.6 Å². The largest absolute Gasteiger partial charge is 0.352 e. The van der Waals surface area contributed by atoms with Gasteiger partial charge in [0.1, 0.15) is 5.82 Å². The summed E-state index contributed by atoms with van der Waals surface area (Å²) in [4.78, 5) is 6.78. The molecule has 1 aromatic heterocycles. The summed E-state index contributed by atoms with van der Waals surface area (Å²) < 4.78 is 23.5. The summed E-state index contributed by atoms with van der Waals surface area (Å²) in [5.41, 5.74) is 1.85. The lowest BCUT2D eigenvalue weighted by molar-refractivity contribution is 0.566. The van der Waals surface area contributed by atoms with Gasteiger partial charge < -0.3 is 4.90 Å². The molecule has 21 heavy (non-hydrogen) atoms. The zero-order valence-electron chi connectivity index (χ0n) is 11.8. The lowest BCUT2D eigenvalue weighted by Gasteiger charge is -2.35. The second-order valence-corrected chi connectivity index (χ2v) is 7.95. The maximum Gasteiger partial charge on any atom is 0.154 e. The molecule has 112 valence electrons. The van der Waals surface area contributed by atoms with E-state index in [1.165, 1.54) is 0 Å². The number of anilines is 1. The van der Waals surface area contributed by atoms with E-state index < -0.39 is 9.84 Å². The predicted molar refractivity (Wildman–Crippen MR) is 86.8 cm³/mol. The Morgan fingerprint density at radius 2 is 2.14 bits per heavy atom. The molecule has 0 spiro atoms. The molecule has 0 bridgehead atoms. The highest BCUT2D eigenvalue weighted by molar-refractivity contribution is 7.91. The minimum atomic E-state index is -2.94. The van der Waals surface area contributed by atoms with Crippen LogP contribution in [-0.2, 0) is 15.7 Å². The van der Waals surface area contributed by atoms with Gasteiger partial charge in [0, 0.05) is 23.5 Å². The number of nitrogens with zero attached hydrogens (tertiary/aromatic N) is 2. The molecule has 1 aromatic carbocycles. The van der Waals surface area contributed by atoms with Crippen LogP contribution in [0.3, 0.4) is 0 Å². The van der Waals surface area contributed by atoms with Crippen LogP contribution in [0.1, 0.15) is 12.5 Å². The Bertz CT molecular complexity index is 776. The first kappa shape index (κ1) is 14.6. The summed E-state index contributed by atoms with van der Waals surface area (Å²) in [5, 5.41) is 1.05. The topological polar surface area (TPSA) is 50.3 Å². The molecule has 2 heterocycles. The molecule has 3 rings (SSSR count). The Balaban J connectivity index is 2.07. The molecule has 1 aliphatic rings. The second kappa shape index (κ2) is 5.46. The van der Waals surface area contributed by atoms with E-state index in [1.54, 1.807) is 0 Å². The Labute approximate surface area is 129 Å². The predicted octanol–water partition coefficient (Wildman–Crippen LogP) is 2.60. The molecule has 0 radical (unpaired) electrons. The minimum Gasteiger partial charge on any atom is -0.352 e. The summed E-state index contributed by atoms with van der Waals surface area (Å²) >= 11 is 6.07. The Hall–Kier alpha value is -1.33. The van der Waals surface area contributed by atoms with E-state index in [0.717, 1.165) is 22.3 Å². The second-order valence-electron chi connectivity index (χ2n) is 5.45. The van der Waals surface area contributed by atoms with Gasteiger partial charge in [-0.05, 0) is 19.1 Å². The number of aromatic nitrogens is 1. The monoisotopic (exact) mass is 324 g/mol. The average Bonchev–Trinajstić information content (AvgIpc) is 2.45. The van der Waals surface area contributed by atoms with Gasteiger partial charge in [-0.2, -0.15) is 0 Å². The third-order valence-corrected chi connectivity index (χ3v) is 5.95. The number of benzene rings is 1. The number of halogens is 1. The maximum absolute atomic E-state index is 11.7. The number of para-hydroxylation sites is 1. The van der Waals surface area contributed by atoms with Crippen LogP contribution in [0.25, 0.3) is 10.9 Å². The molecule has 4 nitrogen and oxygen atoms in total. The molecule has 0 amide bonds. The van der Waals surface area contributed by atoms with Gasteiger partial charge in [-0.15, -0.1) is 11.6 Å². The summed E-state index contributed by atoms with van der Waals surface area (Å²) in [5.74, 6) is 1.52. The van der Waals surface area contributed by atoms with Crippen molar-refractivity contribution >= 4 is 38.2 Å². The first-order valence-electron chi connectivity index (χ1n) is 6.92. The molecule has 1 atom stereocenters. The molecule has 0 N–H and O–H groups in total. The van der Waals surface area contributed by atoms with E-state index in [-0.39, 0.29) is 17.5 Å². The number of rotatable bonds is 2. The number of alkyl halides is 1. The third kappa shape index (κ3) is 2.85. The van der Waals surface area contributed by atoms with Crippen molar-refractivity contribution in [1.82, 2.24) is 4.98 Å². The third-order valence-electron chi connectivity index (χ3n) is 3.87. The number of fused-ring (bicyclic) bond motifs is 1. The van der Waals surface area contributed by atoms with E-state index in [2.05, 4.69) is 4.90 Å². The van der Waals surface area contributed by atoms with Crippen molar-refractivity contribution in [2.24, 2.45) is 0 Å². The average molecular weight is 325 g/mol. The first-order valence-corrected chi connectivity index (χ1v) is 9.27. The van der Waals surface area contributed by atoms with Crippen LogP contribution in [0.2, 0.25) is 0 Å². The van der Waals surface area contributed by atoms with Crippen LogP contribution in [0.5, 0.6) is 0 Å². The molecule has 0 aliphatic carbocycles. The molecule has 2 aromatic rings. The van der Waals surface area contributed by atoms with E-state index >= 15 is 0 Å². The summed E-state index contributed by atoms with van der Waals surface area (Å²) in [6, 6.07) is 9.84. The van der Waals surface area contributed by atoms with Gasteiger partial charge in [0.2, 0.25) is 0 Å². The normalized spacial score (nSPS) is 21.6. The van der Waals surface area contributed by atoms with Crippen LogP contribution in [0, 0.1) is 0 Å². The van der Waals surface area contributed by atoms with Crippen LogP contribution in [-0.4, -0.2) is 37.5 Å². The van der Waals surface area contributed by atoms with Gasteiger partial charge in [-0.1, -0.05) is 18.2 Å². The highest BCUT2D eigenvalue weighted by Gasteiger charge is 2.30. The molecule has 1 unspecified atom stereocenters. The van der Waals surface area contributed by atoms with E-state index in [9.17, 15) is 8.42 Å². The first-order chi connectivity index (χ1) is 10.00. The Morgan fingerprint density at radius 1 is 1.38 bits per heavy atom. The Kier molecular flexibility index (Phi) is 3.80. The van der Waals surface area contributed by atoms with Gasteiger partial charge in [0.05, 0.1) is 22.9 Å². The van der Waals surface area contributed by atoms with E-state index in [1.807, 2.05) is 37.3 Å². The van der Waals surface area contributed by atoms with Crippen LogP contribution in [0.4, 0.5) is 5.82 Å². The molecule has 6 heteroatoms. The van der Waals surface area contributed by atoms with Crippen LogP contribution >= 0.6 is 11.6 Å². The van der Waals surface area contributed by atoms with Crippen molar-refractivity contribution in [2.75, 3.05) is 23.0 Å². The van der Waals surface area contributed by atoms with Gasteiger partial charge >= 0.3 is 0 Å². The summed E-state index contributed by atoms with van der Waals surface area (Å²) in [6.07, 6.45) is 0. The molecular weight excluding hydrogens is 308 g/mol. The van der Waals surface area contributed by atoms with Crippen molar-refractivity contribution in [2.45, 2.75) is 18.8 Å². The smallest absolute Gasteiger partial charge is 0.154 e. The zero-order valence-corrected chi connectivity index (χ0v) is 13.4. The highest BCUT2D eigenvalue weighted by atomic mass is 35.5. The maximum atomic E-state index is 11.7. The number of hydrogen-bond donors (Lipinski definition) is 0. The van der Waals surface area contributed by atoms with Crippen molar-refractivity contribution < 1.29 is 8.42 Å². The van der Waals surface area contributed by atoms with Crippen LogP contribution < -0.4 is 4.90 Å². The zero-order chi connectivity index (χ0) is 15.0. The molecular formula is C15H17ClN2O2S. The van der Waals surface area contributed by atoms with Gasteiger partial charge in [-0.3, -0.25) is 0 Å². The van der Waals surface area contributed by atoms with Crippen LogP contribution in [0.15, 0.2) is 30.3 Å². The quantitative estimate of drug-likeness (QED) is 0.797. The standard InChI is InChI=1S/C15H17ClN2O2S/c1-11-10-21(19,20)7-6-18(11)15-13(9-16)8-12-4-2-3-5-14(12)17-15/h2-5,8,11H,6-7,9-10H2,1H3. The number of sulfone groups is 1. The van der Waals surface area contributed by atoms with Crippen molar-refractivity contribution in [1.29, 1.82) is 0 Å². The van der Waals surface area contributed by atoms with Crippen molar-refractivity contribution in [3.05, 3.63) is 35.9 Å². The van der Waals surface area contributed by atoms with Gasteiger partial charge in [0.25, 0.3) is 0 Å². The molecule has 1 saturated heterocycles. The fourth-order valence-electron chi connectivity index (χ4n) is 2.81. The lowest BCUT2D eigenvalue weighted by Crippen LogP contribution is -2.47. The fraction of sp³-hybridized carbons (Fsp3) is 0.400. The molecule has 1 aliphatic heterocycles. The van der Waals surface area contributed by atoms with Crippen molar-refractivity contribution in [3.8, 4) is 0 Å². The van der Waals surface area contributed by atoms with Crippen molar-refractivity contribution in [3.63, 3.8) is 0 Å². The summed E-state index contributed by atoms with van der Waals surface area (Å²) in [6.45, 7) is 2.39. The number of hydrogen-bond acceptors (Lipinski definition) is 4. The molecule has 0 saturated carbocycles.